The zero-order valence-electron chi connectivity index (χ0n) is 12.1. The van der Waals surface area contributed by atoms with Crippen LogP contribution in [0.15, 0.2) is 24.3 Å². The fourth-order valence-corrected chi connectivity index (χ4v) is 2.78. The molecule has 0 radical (unpaired) electrons. The number of para-hydroxylation sites is 1. The summed E-state index contributed by atoms with van der Waals surface area (Å²) in [6.45, 7) is 7.74. The number of hydrogen-bond donors (Lipinski definition) is 0. The first kappa shape index (κ1) is 14.1. The molecule has 1 aromatic carbocycles. The summed E-state index contributed by atoms with van der Waals surface area (Å²) in [5.74, 6) is 0.242. The predicted molar refractivity (Wildman–Crippen MR) is 79.5 cm³/mol. The van der Waals surface area contributed by atoms with Gasteiger partial charge in [0.1, 0.15) is 0 Å². The number of hydrogen-bond acceptors (Lipinski definition) is 2. The van der Waals surface area contributed by atoms with Crippen LogP contribution < -0.4 is 4.90 Å². The van der Waals surface area contributed by atoms with Gasteiger partial charge < -0.3 is 4.90 Å². The second-order valence-electron chi connectivity index (χ2n) is 5.20. The lowest BCUT2D eigenvalue weighted by atomic mass is 10.2. The van der Waals surface area contributed by atoms with Crippen molar-refractivity contribution in [1.82, 2.24) is 4.90 Å². The first-order valence-corrected chi connectivity index (χ1v) is 7.36. The first-order valence-electron chi connectivity index (χ1n) is 7.36. The molecule has 0 atom stereocenters. The molecule has 0 fully saturated rings. The maximum Gasteiger partial charge on any atom is 0.241 e. The van der Waals surface area contributed by atoms with Gasteiger partial charge in [0.15, 0.2) is 0 Å². The van der Waals surface area contributed by atoms with E-state index in [0.717, 1.165) is 44.6 Å². The van der Waals surface area contributed by atoms with Gasteiger partial charge in [-0.1, -0.05) is 32.0 Å². The van der Waals surface area contributed by atoms with Gasteiger partial charge in [0, 0.05) is 12.2 Å². The lowest BCUT2D eigenvalue weighted by Crippen LogP contribution is -2.40. The monoisotopic (exact) mass is 260 g/mol. The fourth-order valence-electron chi connectivity index (χ4n) is 2.78. The molecule has 3 heteroatoms. The molecule has 0 aliphatic carbocycles. The van der Waals surface area contributed by atoms with E-state index in [0.29, 0.717) is 6.54 Å². The van der Waals surface area contributed by atoms with Crippen LogP contribution >= 0.6 is 0 Å². The molecule has 1 amide bonds. The Kier molecular flexibility index (Phi) is 4.97. The van der Waals surface area contributed by atoms with E-state index < -0.39 is 0 Å². The topological polar surface area (TPSA) is 23.6 Å². The number of fused-ring (bicyclic) bond motifs is 1. The summed E-state index contributed by atoms with van der Waals surface area (Å²) in [6.07, 6.45) is 3.19. The van der Waals surface area contributed by atoms with Crippen LogP contribution in [0, 0.1) is 0 Å². The van der Waals surface area contributed by atoms with Crippen LogP contribution in [0.3, 0.4) is 0 Å². The van der Waals surface area contributed by atoms with E-state index in [9.17, 15) is 4.79 Å². The van der Waals surface area contributed by atoms with E-state index >= 15 is 0 Å². The Hall–Kier alpha value is -1.35. The highest BCUT2D eigenvalue weighted by atomic mass is 16.2. The molecule has 0 unspecified atom stereocenters. The number of rotatable bonds is 6. The molecule has 1 heterocycles. The number of benzene rings is 1. The second-order valence-corrected chi connectivity index (χ2v) is 5.20. The van der Waals surface area contributed by atoms with Crippen LogP contribution in [0.25, 0.3) is 0 Å². The largest absolute Gasteiger partial charge is 0.311 e. The summed E-state index contributed by atoms with van der Waals surface area (Å²) >= 11 is 0. The normalized spacial score (nSPS) is 13.9. The van der Waals surface area contributed by atoms with Crippen molar-refractivity contribution in [2.24, 2.45) is 0 Å². The number of amides is 1. The van der Waals surface area contributed by atoms with Gasteiger partial charge in [-0.15, -0.1) is 0 Å². The minimum atomic E-state index is 0.242. The van der Waals surface area contributed by atoms with Crippen molar-refractivity contribution in [1.29, 1.82) is 0 Å². The van der Waals surface area contributed by atoms with E-state index in [2.05, 4.69) is 30.9 Å². The van der Waals surface area contributed by atoms with Crippen LogP contribution in [-0.2, 0) is 11.2 Å². The van der Waals surface area contributed by atoms with E-state index in [1.807, 2.05) is 17.0 Å². The van der Waals surface area contributed by atoms with Crippen molar-refractivity contribution in [3.63, 3.8) is 0 Å². The molecule has 0 bridgehead atoms. The van der Waals surface area contributed by atoms with Gasteiger partial charge in [0.05, 0.1) is 6.54 Å². The SMILES string of the molecule is CCCN(CCC)CC(=O)N1CCc2ccccc21. The Morgan fingerprint density at radius 1 is 1.21 bits per heavy atom. The van der Waals surface area contributed by atoms with Crippen LogP contribution in [0.4, 0.5) is 5.69 Å². The summed E-state index contributed by atoms with van der Waals surface area (Å²) < 4.78 is 0. The Balaban J connectivity index is 2.01. The lowest BCUT2D eigenvalue weighted by Gasteiger charge is -2.24. The zero-order chi connectivity index (χ0) is 13.7. The van der Waals surface area contributed by atoms with E-state index in [4.69, 9.17) is 0 Å². The van der Waals surface area contributed by atoms with E-state index in [-0.39, 0.29) is 5.91 Å². The minimum absolute atomic E-state index is 0.242. The van der Waals surface area contributed by atoms with Gasteiger partial charge in [-0.2, -0.15) is 0 Å². The van der Waals surface area contributed by atoms with E-state index in [1.54, 1.807) is 0 Å². The molecule has 1 aliphatic heterocycles. The third-order valence-corrected chi connectivity index (χ3v) is 3.63. The first-order chi connectivity index (χ1) is 9.26. The van der Waals surface area contributed by atoms with Gasteiger partial charge in [-0.3, -0.25) is 9.69 Å². The molecule has 0 saturated heterocycles. The maximum atomic E-state index is 12.5. The fraction of sp³-hybridized carbons (Fsp3) is 0.562. The smallest absolute Gasteiger partial charge is 0.241 e. The van der Waals surface area contributed by atoms with Crippen molar-refractivity contribution in [2.45, 2.75) is 33.1 Å². The summed E-state index contributed by atoms with van der Waals surface area (Å²) in [4.78, 5) is 16.7. The van der Waals surface area contributed by atoms with Crippen molar-refractivity contribution in [3.05, 3.63) is 29.8 Å². The minimum Gasteiger partial charge on any atom is -0.311 e. The molecule has 104 valence electrons. The second kappa shape index (κ2) is 6.71. The summed E-state index contributed by atoms with van der Waals surface area (Å²) in [5.41, 5.74) is 2.41. The van der Waals surface area contributed by atoms with Gasteiger partial charge in [0.25, 0.3) is 0 Å². The highest BCUT2D eigenvalue weighted by Gasteiger charge is 2.24. The average molecular weight is 260 g/mol. The van der Waals surface area contributed by atoms with Crippen LogP contribution in [0.2, 0.25) is 0 Å². The Morgan fingerprint density at radius 2 is 1.89 bits per heavy atom. The summed E-state index contributed by atoms with van der Waals surface area (Å²) in [7, 11) is 0. The Labute approximate surface area is 116 Å². The van der Waals surface area contributed by atoms with Crippen LogP contribution in [-0.4, -0.2) is 37.0 Å². The number of nitrogens with zero attached hydrogens (tertiary/aromatic N) is 2. The van der Waals surface area contributed by atoms with Crippen molar-refractivity contribution >= 4 is 11.6 Å². The van der Waals surface area contributed by atoms with Crippen molar-refractivity contribution < 1.29 is 4.79 Å². The van der Waals surface area contributed by atoms with Crippen LogP contribution in [0.1, 0.15) is 32.3 Å². The van der Waals surface area contributed by atoms with Crippen LogP contribution in [0.5, 0.6) is 0 Å². The molecule has 0 aromatic heterocycles. The molecule has 1 aliphatic rings. The number of anilines is 1. The Bertz CT molecular complexity index is 425. The quantitative estimate of drug-likeness (QED) is 0.785. The molecule has 0 spiro atoms. The van der Waals surface area contributed by atoms with Gasteiger partial charge in [-0.05, 0) is 44.0 Å². The maximum absolute atomic E-state index is 12.5. The number of carbonyl (C=O) groups is 1. The zero-order valence-corrected chi connectivity index (χ0v) is 12.1. The number of carbonyl (C=O) groups excluding carboxylic acids is 1. The van der Waals surface area contributed by atoms with Crippen molar-refractivity contribution in [2.75, 3.05) is 31.1 Å². The molecule has 3 nitrogen and oxygen atoms in total. The standard InChI is InChI=1S/C16H24N2O/c1-3-10-17(11-4-2)13-16(19)18-12-9-14-7-5-6-8-15(14)18/h5-8H,3-4,9-13H2,1-2H3. The highest BCUT2D eigenvalue weighted by Crippen LogP contribution is 2.27. The van der Waals surface area contributed by atoms with Crippen molar-refractivity contribution in [3.8, 4) is 0 Å². The molecule has 0 N–H and O–H groups in total. The third kappa shape index (κ3) is 3.35. The average Bonchev–Trinajstić information content (AvgIpc) is 2.83. The predicted octanol–water partition coefficient (Wildman–Crippen LogP) is 2.70. The highest BCUT2D eigenvalue weighted by molar-refractivity contribution is 5.96. The lowest BCUT2D eigenvalue weighted by molar-refractivity contribution is -0.119. The molecule has 1 aromatic rings. The van der Waals surface area contributed by atoms with E-state index in [1.165, 1.54) is 5.56 Å². The summed E-state index contributed by atoms with van der Waals surface area (Å²) in [6, 6.07) is 8.25. The molecular formula is C16H24N2O. The van der Waals surface area contributed by atoms with Gasteiger partial charge in [-0.25, -0.2) is 0 Å². The Morgan fingerprint density at radius 3 is 2.58 bits per heavy atom. The molecule has 0 saturated carbocycles. The van der Waals surface area contributed by atoms with Gasteiger partial charge in [0.2, 0.25) is 5.91 Å². The summed E-state index contributed by atoms with van der Waals surface area (Å²) in [5, 5.41) is 0. The van der Waals surface area contributed by atoms with Gasteiger partial charge >= 0.3 is 0 Å². The third-order valence-electron chi connectivity index (χ3n) is 3.63. The molecular weight excluding hydrogens is 236 g/mol. The molecule has 2 rings (SSSR count). The molecule has 19 heavy (non-hydrogen) atoms.